The highest BCUT2D eigenvalue weighted by Crippen LogP contribution is 2.33. The Kier molecular flexibility index (Phi) is 5.73. The molecule has 0 aromatic heterocycles. The van der Waals surface area contributed by atoms with Gasteiger partial charge in [-0.3, -0.25) is 0 Å². The van der Waals surface area contributed by atoms with E-state index in [1.165, 1.54) is 0 Å². The average Bonchev–Trinajstić information content (AvgIpc) is 2.25. The molecule has 0 spiro atoms. The fourth-order valence-corrected chi connectivity index (χ4v) is 2.38. The Morgan fingerprint density at radius 3 is 2.71 bits per heavy atom. The SMILES string of the molecule is CCNCC(C)CN1CCCC(C(F)(F)F)C1. The van der Waals surface area contributed by atoms with Gasteiger partial charge in [0.15, 0.2) is 0 Å². The molecule has 5 heteroatoms. The van der Waals surface area contributed by atoms with Crippen molar-refractivity contribution in [2.75, 3.05) is 32.7 Å². The van der Waals surface area contributed by atoms with E-state index in [9.17, 15) is 13.2 Å². The first-order chi connectivity index (χ1) is 7.93. The molecular formula is C12H23F3N2. The molecule has 1 aliphatic rings. The van der Waals surface area contributed by atoms with E-state index in [1.807, 2.05) is 11.8 Å². The van der Waals surface area contributed by atoms with Crippen molar-refractivity contribution in [3.63, 3.8) is 0 Å². The highest BCUT2D eigenvalue weighted by atomic mass is 19.4. The molecule has 0 amide bonds. The molecule has 0 saturated carbocycles. The zero-order valence-electron chi connectivity index (χ0n) is 10.7. The Morgan fingerprint density at radius 1 is 1.41 bits per heavy atom. The summed E-state index contributed by atoms with van der Waals surface area (Å²) in [6.45, 7) is 7.66. The Labute approximate surface area is 102 Å². The van der Waals surface area contributed by atoms with Crippen molar-refractivity contribution in [2.45, 2.75) is 32.9 Å². The molecule has 1 saturated heterocycles. The molecule has 0 aromatic rings. The summed E-state index contributed by atoms with van der Waals surface area (Å²) in [5.74, 6) is -0.718. The van der Waals surface area contributed by atoms with Crippen molar-refractivity contribution >= 4 is 0 Å². The van der Waals surface area contributed by atoms with Gasteiger partial charge in [-0.05, 0) is 38.4 Å². The molecule has 2 nitrogen and oxygen atoms in total. The second kappa shape index (κ2) is 6.59. The summed E-state index contributed by atoms with van der Waals surface area (Å²) in [5, 5.41) is 3.23. The number of nitrogens with zero attached hydrogens (tertiary/aromatic N) is 1. The molecule has 1 rings (SSSR count). The minimum atomic E-state index is -4.02. The molecular weight excluding hydrogens is 229 g/mol. The maximum atomic E-state index is 12.6. The van der Waals surface area contributed by atoms with Gasteiger partial charge in [-0.25, -0.2) is 0 Å². The number of halogens is 3. The van der Waals surface area contributed by atoms with E-state index in [0.717, 1.165) is 26.2 Å². The Morgan fingerprint density at radius 2 is 2.12 bits per heavy atom. The topological polar surface area (TPSA) is 15.3 Å². The van der Waals surface area contributed by atoms with E-state index in [-0.39, 0.29) is 6.54 Å². The Balaban J connectivity index is 2.34. The van der Waals surface area contributed by atoms with Crippen LogP contribution in [0, 0.1) is 11.8 Å². The molecule has 2 atom stereocenters. The standard InChI is InChI=1S/C12H23F3N2/c1-3-16-7-10(2)8-17-6-4-5-11(9-17)12(13,14)15/h10-11,16H,3-9H2,1-2H3. The zero-order chi connectivity index (χ0) is 12.9. The van der Waals surface area contributed by atoms with Gasteiger partial charge in [0.2, 0.25) is 0 Å². The number of hydrogen-bond acceptors (Lipinski definition) is 2. The van der Waals surface area contributed by atoms with E-state index >= 15 is 0 Å². The van der Waals surface area contributed by atoms with Gasteiger partial charge >= 0.3 is 6.18 Å². The van der Waals surface area contributed by atoms with Crippen LogP contribution in [-0.4, -0.2) is 43.8 Å². The second-order valence-corrected chi connectivity index (χ2v) is 5.05. The molecule has 0 bridgehead atoms. The number of piperidine rings is 1. The fourth-order valence-electron chi connectivity index (χ4n) is 2.38. The van der Waals surface area contributed by atoms with Gasteiger partial charge in [0.1, 0.15) is 0 Å². The van der Waals surface area contributed by atoms with Crippen molar-refractivity contribution in [1.29, 1.82) is 0 Å². The lowest BCUT2D eigenvalue weighted by molar-refractivity contribution is -0.187. The smallest absolute Gasteiger partial charge is 0.317 e. The first-order valence-corrected chi connectivity index (χ1v) is 6.43. The summed E-state index contributed by atoms with van der Waals surface area (Å²) in [6.07, 6.45) is -3.07. The summed E-state index contributed by atoms with van der Waals surface area (Å²) in [6, 6.07) is 0. The number of likely N-dealkylation sites (tertiary alicyclic amines) is 1. The van der Waals surface area contributed by atoms with Crippen LogP contribution in [0.1, 0.15) is 26.7 Å². The lowest BCUT2D eigenvalue weighted by Gasteiger charge is -2.35. The first-order valence-electron chi connectivity index (χ1n) is 6.43. The van der Waals surface area contributed by atoms with Crippen LogP contribution in [0.3, 0.4) is 0 Å². The number of alkyl halides is 3. The van der Waals surface area contributed by atoms with Crippen LogP contribution in [0.5, 0.6) is 0 Å². The van der Waals surface area contributed by atoms with E-state index in [2.05, 4.69) is 12.2 Å². The van der Waals surface area contributed by atoms with Crippen LogP contribution in [0.4, 0.5) is 13.2 Å². The van der Waals surface area contributed by atoms with Gasteiger partial charge < -0.3 is 10.2 Å². The number of nitrogens with one attached hydrogen (secondary N) is 1. The highest BCUT2D eigenvalue weighted by Gasteiger charge is 2.41. The van der Waals surface area contributed by atoms with Gasteiger partial charge in [0, 0.05) is 13.1 Å². The summed E-state index contributed by atoms with van der Waals surface area (Å²) in [4.78, 5) is 1.96. The minimum absolute atomic E-state index is 0.181. The predicted octanol–water partition coefficient (Wildman–Crippen LogP) is 2.51. The van der Waals surface area contributed by atoms with Crippen molar-refractivity contribution in [3.8, 4) is 0 Å². The van der Waals surface area contributed by atoms with Crippen LogP contribution in [0.2, 0.25) is 0 Å². The van der Waals surface area contributed by atoms with Crippen LogP contribution < -0.4 is 5.32 Å². The quantitative estimate of drug-likeness (QED) is 0.808. The molecule has 0 aliphatic carbocycles. The molecule has 0 radical (unpaired) electrons. The zero-order valence-corrected chi connectivity index (χ0v) is 10.7. The second-order valence-electron chi connectivity index (χ2n) is 5.05. The third-order valence-corrected chi connectivity index (χ3v) is 3.28. The first kappa shape index (κ1) is 14.8. The van der Waals surface area contributed by atoms with Crippen LogP contribution in [0.25, 0.3) is 0 Å². The van der Waals surface area contributed by atoms with Gasteiger partial charge in [-0.2, -0.15) is 13.2 Å². The van der Waals surface area contributed by atoms with E-state index in [1.54, 1.807) is 0 Å². The van der Waals surface area contributed by atoms with E-state index in [4.69, 9.17) is 0 Å². The molecule has 1 N–H and O–H groups in total. The third-order valence-electron chi connectivity index (χ3n) is 3.28. The van der Waals surface area contributed by atoms with Gasteiger partial charge in [0.25, 0.3) is 0 Å². The maximum absolute atomic E-state index is 12.6. The normalized spacial score (nSPS) is 24.9. The molecule has 1 aliphatic heterocycles. The van der Waals surface area contributed by atoms with Gasteiger partial charge in [-0.1, -0.05) is 13.8 Å². The average molecular weight is 252 g/mol. The fraction of sp³-hybridized carbons (Fsp3) is 1.00. The van der Waals surface area contributed by atoms with Crippen molar-refractivity contribution in [2.24, 2.45) is 11.8 Å². The molecule has 2 unspecified atom stereocenters. The van der Waals surface area contributed by atoms with E-state index < -0.39 is 12.1 Å². The summed E-state index contributed by atoms with van der Waals surface area (Å²) >= 11 is 0. The van der Waals surface area contributed by atoms with Crippen LogP contribution in [0.15, 0.2) is 0 Å². The predicted molar refractivity (Wildman–Crippen MR) is 62.9 cm³/mol. The lowest BCUT2D eigenvalue weighted by Crippen LogP contribution is -2.44. The number of rotatable bonds is 5. The molecule has 17 heavy (non-hydrogen) atoms. The van der Waals surface area contributed by atoms with Crippen molar-refractivity contribution in [1.82, 2.24) is 10.2 Å². The molecule has 0 aromatic carbocycles. The summed E-state index contributed by atoms with van der Waals surface area (Å²) in [7, 11) is 0. The monoisotopic (exact) mass is 252 g/mol. The Hall–Kier alpha value is -0.290. The molecule has 1 heterocycles. The van der Waals surface area contributed by atoms with Gasteiger partial charge in [-0.15, -0.1) is 0 Å². The van der Waals surface area contributed by atoms with Crippen molar-refractivity contribution < 1.29 is 13.2 Å². The molecule has 1 fully saturated rings. The van der Waals surface area contributed by atoms with Crippen LogP contribution in [-0.2, 0) is 0 Å². The summed E-state index contributed by atoms with van der Waals surface area (Å²) < 4.78 is 37.8. The maximum Gasteiger partial charge on any atom is 0.393 e. The van der Waals surface area contributed by atoms with Gasteiger partial charge in [0.05, 0.1) is 5.92 Å². The van der Waals surface area contributed by atoms with E-state index in [0.29, 0.717) is 18.8 Å². The third kappa shape index (κ3) is 5.25. The lowest BCUT2D eigenvalue weighted by atomic mass is 9.96. The Bertz CT molecular complexity index is 218. The molecule has 102 valence electrons. The van der Waals surface area contributed by atoms with Crippen LogP contribution >= 0.6 is 0 Å². The largest absolute Gasteiger partial charge is 0.393 e. The highest BCUT2D eigenvalue weighted by molar-refractivity contribution is 4.79. The number of hydrogen-bond donors (Lipinski definition) is 1. The summed E-state index contributed by atoms with van der Waals surface area (Å²) in [5.41, 5.74) is 0. The minimum Gasteiger partial charge on any atom is -0.317 e. The van der Waals surface area contributed by atoms with Crippen molar-refractivity contribution in [3.05, 3.63) is 0 Å².